The predicted molar refractivity (Wildman–Crippen MR) is 127 cm³/mol. The lowest BCUT2D eigenvalue weighted by Crippen LogP contribution is -2.47. The van der Waals surface area contributed by atoms with Gasteiger partial charge in [-0.2, -0.15) is 0 Å². The summed E-state index contributed by atoms with van der Waals surface area (Å²) < 4.78 is 13.9. The number of hydrogen-bond donors (Lipinski definition) is 1. The molecule has 0 spiro atoms. The number of aryl methyl sites for hydroxylation is 1. The van der Waals surface area contributed by atoms with Crippen molar-refractivity contribution in [2.24, 2.45) is 0 Å². The van der Waals surface area contributed by atoms with Gasteiger partial charge in [-0.1, -0.05) is 38.8 Å². The molecular weight excluding hydrogens is 434 g/mol. The molecule has 0 bridgehead atoms. The van der Waals surface area contributed by atoms with Crippen LogP contribution in [0.25, 0.3) is 0 Å². The quantitative estimate of drug-likeness (QED) is 0.444. The third-order valence-corrected chi connectivity index (χ3v) is 6.73. The maximum atomic E-state index is 13.2. The van der Waals surface area contributed by atoms with Crippen molar-refractivity contribution in [1.29, 1.82) is 0 Å². The van der Waals surface area contributed by atoms with Crippen LogP contribution in [0.5, 0.6) is 11.5 Å². The van der Waals surface area contributed by atoms with Crippen LogP contribution >= 0.6 is 0 Å². The number of nitrogens with one attached hydrogen (secondary N) is 1. The molecule has 0 aliphatic carbocycles. The highest BCUT2D eigenvalue weighted by Crippen LogP contribution is 2.32. The lowest BCUT2D eigenvalue weighted by molar-refractivity contribution is -0.131. The highest BCUT2D eigenvalue weighted by Gasteiger charge is 2.50. The second-order valence-corrected chi connectivity index (χ2v) is 9.22. The van der Waals surface area contributed by atoms with Gasteiger partial charge in [0.1, 0.15) is 12.1 Å². The van der Waals surface area contributed by atoms with Crippen LogP contribution in [-0.4, -0.2) is 52.0 Å². The number of carbonyl (C=O) groups is 3. The van der Waals surface area contributed by atoms with Gasteiger partial charge in [-0.25, -0.2) is 4.79 Å². The maximum Gasteiger partial charge on any atom is 0.325 e. The third-order valence-electron chi connectivity index (χ3n) is 6.73. The van der Waals surface area contributed by atoms with E-state index in [1.54, 1.807) is 0 Å². The first-order valence-corrected chi connectivity index (χ1v) is 12.0. The average Bonchev–Trinajstić information content (AvgIpc) is 3.22. The molecule has 1 N–H and O–H groups in total. The zero-order chi connectivity index (χ0) is 24.5. The lowest BCUT2D eigenvalue weighted by atomic mass is 9.88. The van der Waals surface area contributed by atoms with Gasteiger partial charge in [-0.15, -0.1) is 0 Å². The standard InChI is InChI=1S/C26H33N3O5/c1-5-11-26(12-6-2)24(31)29(25(32)27-26)15-21(30)20-13-17(3)28(18(20)4)14-19-16-33-22-9-7-8-10-23(22)34-19/h7-10,13,19H,5-6,11-12,14-16H2,1-4H3,(H,27,32)/t19-/m0/s1. The molecular formula is C26H33N3O5. The van der Waals surface area contributed by atoms with Crippen molar-refractivity contribution in [1.82, 2.24) is 14.8 Å². The lowest BCUT2D eigenvalue weighted by Gasteiger charge is -2.27. The molecule has 0 radical (unpaired) electrons. The Morgan fingerprint density at radius 2 is 1.79 bits per heavy atom. The number of ketones is 1. The van der Waals surface area contributed by atoms with E-state index in [0.717, 1.165) is 34.9 Å². The van der Waals surface area contributed by atoms with E-state index in [-0.39, 0.29) is 24.3 Å². The van der Waals surface area contributed by atoms with Gasteiger partial charge in [-0.3, -0.25) is 14.5 Å². The number of aromatic nitrogens is 1. The molecule has 182 valence electrons. The third kappa shape index (κ3) is 4.29. The minimum atomic E-state index is -0.896. The van der Waals surface area contributed by atoms with E-state index in [2.05, 4.69) is 5.32 Å². The van der Waals surface area contributed by atoms with Crippen molar-refractivity contribution in [2.75, 3.05) is 13.2 Å². The Bertz CT molecular complexity index is 1100. The second-order valence-electron chi connectivity index (χ2n) is 9.22. The largest absolute Gasteiger partial charge is 0.486 e. The summed E-state index contributed by atoms with van der Waals surface area (Å²) in [6.07, 6.45) is 2.48. The zero-order valence-corrected chi connectivity index (χ0v) is 20.3. The molecule has 1 fully saturated rings. The topological polar surface area (TPSA) is 89.9 Å². The Morgan fingerprint density at radius 1 is 1.12 bits per heavy atom. The fourth-order valence-electron chi connectivity index (χ4n) is 5.09. The van der Waals surface area contributed by atoms with Crippen molar-refractivity contribution >= 4 is 17.7 Å². The van der Waals surface area contributed by atoms with Crippen molar-refractivity contribution in [2.45, 2.75) is 71.6 Å². The molecule has 1 saturated heterocycles. The van der Waals surface area contributed by atoms with Gasteiger partial charge in [0, 0.05) is 17.0 Å². The number of nitrogens with zero attached hydrogens (tertiary/aromatic N) is 2. The summed E-state index contributed by atoms with van der Waals surface area (Å²) in [5, 5.41) is 2.87. The van der Waals surface area contributed by atoms with Gasteiger partial charge in [0.15, 0.2) is 23.4 Å². The summed E-state index contributed by atoms with van der Waals surface area (Å²) in [5.41, 5.74) is 1.31. The number of hydrogen-bond acceptors (Lipinski definition) is 5. The summed E-state index contributed by atoms with van der Waals surface area (Å²) in [6, 6.07) is 8.89. The molecule has 8 nitrogen and oxygen atoms in total. The average molecular weight is 468 g/mol. The van der Waals surface area contributed by atoms with Crippen LogP contribution in [0.3, 0.4) is 0 Å². The number of Topliss-reactive ketones (excluding diaryl/α,β-unsaturated/α-hetero) is 1. The first kappa shape index (κ1) is 23.9. The Hall–Kier alpha value is -3.29. The molecule has 2 aliphatic heterocycles. The van der Waals surface area contributed by atoms with Gasteiger partial charge in [0.05, 0.1) is 13.1 Å². The number of benzene rings is 1. The highest BCUT2D eigenvalue weighted by molar-refractivity contribution is 6.11. The second kappa shape index (κ2) is 9.52. The molecule has 2 aliphatic rings. The number of imide groups is 1. The summed E-state index contributed by atoms with van der Waals surface area (Å²) >= 11 is 0. The van der Waals surface area contributed by atoms with Crippen molar-refractivity contribution < 1.29 is 23.9 Å². The number of fused-ring (bicyclic) bond motifs is 1. The van der Waals surface area contributed by atoms with Gasteiger partial charge in [-0.05, 0) is 44.9 Å². The molecule has 2 aromatic rings. The van der Waals surface area contributed by atoms with Gasteiger partial charge < -0.3 is 19.4 Å². The van der Waals surface area contributed by atoms with E-state index in [1.165, 1.54) is 0 Å². The number of carbonyl (C=O) groups excluding carboxylic acids is 3. The van der Waals surface area contributed by atoms with E-state index in [0.29, 0.717) is 37.3 Å². The van der Waals surface area contributed by atoms with Crippen molar-refractivity contribution in [3.05, 3.63) is 47.3 Å². The van der Waals surface area contributed by atoms with Crippen LogP contribution in [0.1, 0.15) is 61.3 Å². The fourth-order valence-corrected chi connectivity index (χ4v) is 5.09. The van der Waals surface area contributed by atoms with E-state index >= 15 is 0 Å². The molecule has 1 aromatic carbocycles. The van der Waals surface area contributed by atoms with Crippen LogP contribution in [0.2, 0.25) is 0 Å². The Labute approximate surface area is 200 Å². The first-order chi connectivity index (χ1) is 16.3. The Balaban J connectivity index is 1.48. The fraction of sp³-hybridized carbons (Fsp3) is 0.500. The minimum Gasteiger partial charge on any atom is -0.486 e. The molecule has 1 aromatic heterocycles. The van der Waals surface area contributed by atoms with E-state index in [9.17, 15) is 14.4 Å². The maximum absolute atomic E-state index is 13.2. The van der Waals surface area contributed by atoms with Crippen LogP contribution in [-0.2, 0) is 11.3 Å². The Kier molecular flexibility index (Phi) is 6.68. The number of rotatable bonds is 9. The van der Waals surface area contributed by atoms with E-state index in [1.807, 2.05) is 62.6 Å². The minimum absolute atomic E-state index is 0.197. The number of para-hydroxylation sites is 2. The van der Waals surface area contributed by atoms with E-state index < -0.39 is 11.6 Å². The first-order valence-electron chi connectivity index (χ1n) is 12.0. The van der Waals surface area contributed by atoms with Crippen molar-refractivity contribution in [3.8, 4) is 11.5 Å². The number of amides is 3. The summed E-state index contributed by atoms with van der Waals surface area (Å²) in [6.45, 7) is 8.46. The SMILES string of the molecule is CCCC1(CCC)NC(=O)N(CC(=O)c2cc(C)n(C[C@H]3COc4ccccc4O3)c2C)C1=O. The molecule has 0 unspecified atom stereocenters. The Morgan fingerprint density at radius 3 is 2.47 bits per heavy atom. The molecule has 1 atom stereocenters. The monoisotopic (exact) mass is 467 g/mol. The summed E-state index contributed by atoms with van der Waals surface area (Å²) in [4.78, 5) is 40.1. The van der Waals surface area contributed by atoms with Gasteiger partial charge >= 0.3 is 6.03 Å². The smallest absolute Gasteiger partial charge is 0.325 e. The van der Waals surface area contributed by atoms with Crippen LogP contribution in [0.15, 0.2) is 30.3 Å². The van der Waals surface area contributed by atoms with Gasteiger partial charge in [0.2, 0.25) is 0 Å². The summed E-state index contributed by atoms with van der Waals surface area (Å²) in [5.74, 6) is 0.887. The van der Waals surface area contributed by atoms with E-state index in [4.69, 9.17) is 9.47 Å². The predicted octanol–water partition coefficient (Wildman–Crippen LogP) is 4.02. The molecule has 3 amide bonds. The molecule has 8 heteroatoms. The molecule has 4 rings (SSSR count). The molecule has 0 saturated carbocycles. The zero-order valence-electron chi connectivity index (χ0n) is 20.3. The molecule has 3 heterocycles. The normalized spacial score (nSPS) is 18.8. The van der Waals surface area contributed by atoms with Gasteiger partial charge in [0.25, 0.3) is 5.91 Å². The highest BCUT2D eigenvalue weighted by atomic mass is 16.6. The van der Waals surface area contributed by atoms with Crippen LogP contribution in [0.4, 0.5) is 4.79 Å². The number of ether oxygens (including phenoxy) is 2. The van der Waals surface area contributed by atoms with Crippen molar-refractivity contribution in [3.63, 3.8) is 0 Å². The van der Waals surface area contributed by atoms with Crippen LogP contribution in [0, 0.1) is 13.8 Å². The summed E-state index contributed by atoms with van der Waals surface area (Å²) in [7, 11) is 0. The number of urea groups is 1. The molecule has 34 heavy (non-hydrogen) atoms. The van der Waals surface area contributed by atoms with Crippen LogP contribution < -0.4 is 14.8 Å².